The summed E-state index contributed by atoms with van der Waals surface area (Å²) < 4.78 is 0. The van der Waals surface area contributed by atoms with Gasteiger partial charge in [-0.1, -0.05) is 0 Å². The van der Waals surface area contributed by atoms with Gasteiger partial charge in [0.25, 0.3) is 0 Å². The van der Waals surface area contributed by atoms with Gasteiger partial charge in [-0.2, -0.15) is 0 Å². The van der Waals surface area contributed by atoms with Crippen LogP contribution in [-0.4, -0.2) is 55.1 Å². The Labute approximate surface area is 99.0 Å². The number of hydrogen-bond donors (Lipinski definition) is 1. The number of hydrogen-bond acceptors (Lipinski definition) is 3. The average Bonchev–Trinajstić information content (AvgIpc) is 2.66. The Balaban J connectivity index is 1.75. The zero-order valence-corrected chi connectivity index (χ0v) is 10.4. The van der Waals surface area contributed by atoms with Gasteiger partial charge in [-0.05, 0) is 64.2 Å². The summed E-state index contributed by atoms with van der Waals surface area (Å²) in [5, 5.41) is 0. The normalized spacial score (nSPS) is 47.2. The molecular weight excluding hydrogens is 198 g/mol. The van der Waals surface area contributed by atoms with E-state index in [1.165, 1.54) is 45.3 Å². The van der Waals surface area contributed by atoms with Crippen LogP contribution in [0.4, 0.5) is 0 Å². The van der Waals surface area contributed by atoms with Crippen molar-refractivity contribution in [1.29, 1.82) is 0 Å². The fourth-order valence-corrected chi connectivity index (χ4v) is 4.43. The summed E-state index contributed by atoms with van der Waals surface area (Å²) in [6.07, 6.45) is 5.41. The van der Waals surface area contributed by atoms with E-state index in [-0.39, 0.29) is 0 Å². The summed E-state index contributed by atoms with van der Waals surface area (Å²) >= 11 is 0. The predicted molar refractivity (Wildman–Crippen MR) is 66.3 cm³/mol. The average molecular weight is 223 g/mol. The van der Waals surface area contributed by atoms with Crippen LogP contribution in [0, 0.1) is 11.8 Å². The molecule has 2 N–H and O–H groups in total. The lowest BCUT2D eigenvalue weighted by Gasteiger charge is -2.49. The van der Waals surface area contributed by atoms with E-state index in [0.717, 1.165) is 30.5 Å². The van der Waals surface area contributed by atoms with Crippen molar-refractivity contribution in [2.45, 2.75) is 37.8 Å². The van der Waals surface area contributed by atoms with Crippen molar-refractivity contribution in [2.24, 2.45) is 17.6 Å². The molecule has 2 bridgehead atoms. The molecule has 3 nitrogen and oxygen atoms in total. The molecular formula is C13H25N3. The highest BCUT2D eigenvalue weighted by molar-refractivity contribution is 5.05. The summed E-state index contributed by atoms with van der Waals surface area (Å²) in [4.78, 5) is 5.39. The second kappa shape index (κ2) is 4.28. The van der Waals surface area contributed by atoms with Gasteiger partial charge in [-0.25, -0.2) is 0 Å². The van der Waals surface area contributed by atoms with Crippen molar-refractivity contribution in [1.82, 2.24) is 9.80 Å². The highest BCUT2D eigenvalue weighted by Gasteiger charge is 2.50. The van der Waals surface area contributed by atoms with Crippen LogP contribution in [0.25, 0.3) is 0 Å². The van der Waals surface area contributed by atoms with Crippen LogP contribution in [0.2, 0.25) is 0 Å². The van der Waals surface area contributed by atoms with Crippen LogP contribution in [0.5, 0.6) is 0 Å². The maximum absolute atomic E-state index is 5.66. The Morgan fingerprint density at radius 3 is 2.69 bits per heavy atom. The summed E-state index contributed by atoms with van der Waals surface area (Å²) in [6, 6.07) is 1.65. The van der Waals surface area contributed by atoms with Gasteiger partial charge >= 0.3 is 0 Å². The first kappa shape index (κ1) is 11.0. The van der Waals surface area contributed by atoms with Crippen molar-refractivity contribution in [2.75, 3.05) is 33.2 Å². The van der Waals surface area contributed by atoms with Crippen molar-refractivity contribution in [3.8, 4) is 0 Å². The minimum atomic E-state index is 0.789. The lowest BCUT2D eigenvalue weighted by Crippen LogP contribution is -2.57. The van der Waals surface area contributed by atoms with E-state index < -0.39 is 0 Å². The zero-order valence-electron chi connectivity index (χ0n) is 10.4. The first-order valence-corrected chi connectivity index (χ1v) is 6.95. The van der Waals surface area contributed by atoms with Crippen molar-refractivity contribution >= 4 is 0 Å². The van der Waals surface area contributed by atoms with E-state index in [1.54, 1.807) is 0 Å². The summed E-state index contributed by atoms with van der Waals surface area (Å²) in [5.74, 6) is 2.00. The molecule has 0 aromatic carbocycles. The first-order chi connectivity index (χ1) is 7.81. The fraction of sp³-hybridized carbons (Fsp3) is 1.00. The number of nitrogens with zero attached hydrogens (tertiary/aromatic N) is 2. The molecule has 3 unspecified atom stereocenters. The number of piperidine rings is 3. The molecule has 16 heavy (non-hydrogen) atoms. The van der Waals surface area contributed by atoms with E-state index in [2.05, 4.69) is 16.8 Å². The Hall–Kier alpha value is -0.120. The molecule has 0 saturated carbocycles. The van der Waals surface area contributed by atoms with Crippen molar-refractivity contribution in [3.05, 3.63) is 0 Å². The molecule has 4 rings (SSSR count). The molecule has 0 aromatic heterocycles. The maximum atomic E-state index is 5.66. The largest absolute Gasteiger partial charge is 0.330 e. The van der Waals surface area contributed by atoms with Gasteiger partial charge < -0.3 is 10.6 Å². The lowest BCUT2D eigenvalue weighted by atomic mass is 9.73. The molecule has 4 heterocycles. The maximum Gasteiger partial charge on any atom is 0.0294 e. The second-order valence-corrected chi connectivity index (χ2v) is 5.97. The second-order valence-electron chi connectivity index (χ2n) is 5.97. The molecule has 0 aliphatic carbocycles. The van der Waals surface area contributed by atoms with E-state index >= 15 is 0 Å². The Morgan fingerprint density at radius 2 is 2.00 bits per heavy atom. The number of nitrogens with two attached hydrogens (primary N) is 1. The third-order valence-corrected chi connectivity index (χ3v) is 5.20. The molecule has 0 spiro atoms. The molecule has 4 fully saturated rings. The molecule has 4 saturated heterocycles. The lowest BCUT2D eigenvalue weighted by molar-refractivity contribution is 0.00266. The highest BCUT2D eigenvalue weighted by Crippen LogP contribution is 2.44. The molecule has 0 amide bonds. The molecule has 3 atom stereocenters. The number of fused-ring (bicyclic) bond motifs is 2. The minimum Gasteiger partial charge on any atom is -0.330 e. The van der Waals surface area contributed by atoms with Crippen LogP contribution in [-0.2, 0) is 0 Å². The molecule has 4 aliphatic rings. The van der Waals surface area contributed by atoms with Crippen molar-refractivity contribution in [3.63, 3.8) is 0 Å². The molecule has 0 aromatic rings. The fourth-order valence-electron chi connectivity index (χ4n) is 4.43. The third kappa shape index (κ3) is 1.60. The van der Waals surface area contributed by atoms with E-state index in [0.29, 0.717) is 0 Å². The highest BCUT2D eigenvalue weighted by atomic mass is 15.3. The Bertz CT molecular complexity index is 248. The summed E-state index contributed by atoms with van der Waals surface area (Å²) in [5.41, 5.74) is 5.66. The van der Waals surface area contributed by atoms with Gasteiger partial charge in [0.2, 0.25) is 0 Å². The quantitative estimate of drug-likeness (QED) is 0.766. The van der Waals surface area contributed by atoms with E-state index in [1.807, 2.05) is 0 Å². The van der Waals surface area contributed by atoms with Gasteiger partial charge in [0.05, 0.1) is 0 Å². The standard InChI is InChI=1S/C13H25N3/c1-15-9-11-10-4-7-16(8-5-10)13(11)12(15)3-2-6-14/h10-13H,2-9,14H2,1H3. The molecule has 0 radical (unpaired) electrons. The van der Waals surface area contributed by atoms with Crippen LogP contribution < -0.4 is 5.73 Å². The number of likely N-dealkylation sites (tertiary alicyclic amines) is 1. The zero-order chi connectivity index (χ0) is 11.1. The number of likely N-dealkylation sites (N-methyl/N-ethyl adjacent to an activating group) is 1. The van der Waals surface area contributed by atoms with E-state index in [4.69, 9.17) is 5.73 Å². The summed E-state index contributed by atoms with van der Waals surface area (Å²) in [7, 11) is 2.32. The predicted octanol–water partition coefficient (Wildman–Crippen LogP) is 0.750. The Kier molecular flexibility index (Phi) is 2.94. The molecule has 4 aliphatic heterocycles. The van der Waals surface area contributed by atoms with Crippen LogP contribution >= 0.6 is 0 Å². The van der Waals surface area contributed by atoms with E-state index in [9.17, 15) is 0 Å². The van der Waals surface area contributed by atoms with Gasteiger partial charge in [0, 0.05) is 18.6 Å². The first-order valence-electron chi connectivity index (χ1n) is 6.95. The third-order valence-electron chi connectivity index (χ3n) is 5.20. The minimum absolute atomic E-state index is 0.789. The Morgan fingerprint density at radius 1 is 1.25 bits per heavy atom. The molecule has 92 valence electrons. The van der Waals surface area contributed by atoms with Crippen LogP contribution in [0.3, 0.4) is 0 Å². The molecule has 3 heteroatoms. The van der Waals surface area contributed by atoms with Crippen LogP contribution in [0.15, 0.2) is 0 Å². The van der Waals surface area contributed by atoms with Crippen molar-refractivity contribution < 1.29 is 0 Å². The SMILES string of the molecule is CN1CC2C3CCN(CC3)C2C1CCCN. The topological polar surface area (TPSA) is 32.5 Å². The number of rotatable bonds is 3. The smallest absolute Gasteiger partial charge is 0.0294 e. The van der Waals surface area contributed by atoms with Gasteiger partial charge in [0.1, 0.15) is 0 Å². The monoisotopic (exact) mass is 223 g/mol. The van der Waals surface area contributed by atoms with Gasteiger partial charge in [0.15, 0.2) is 0 Å². The van der Waals surface area contributed by atoms with Gasteiger partial charge in [-0.3, -0.25) is 4.90 Å². The van der Waals surface area contributed by atoms with Crippen LogP contribution in [0.1, 0.15) is 25.7 Å². The summed E-state index contributed by atoms with van der Waals surface area (Å²) in [6.45, 7) is 4.91. The van der Waals surface area contributed by atoms with Gasteiger partial charge in [-0.15, -0.1) is 0 Å².